The molecule has 2 aromatic rings. The lowest BCUT2D eigenvalue weighted by molar-refractivity contribution is 0.730. The third-order valence-electron chi connectivity index (χ3n) is 2.22. The number of aryl methyl sites for hydroxylation is 2. The third-order valence-corrected chi connectivity index (χ3v) is 2.53. The second kappa shape index (κ2) is 3.94. The summed E-state index contributed by atoms with van der Waals surface area (Å²) in [6.45, 7) is 4.57. The molecular weight excluding hydrogens is 208 g/mol. The van der Waals surface area contributed by atoms with Crippen molar-refractivity contribution in [3.05, 3.63) is 40.2 Å². The van der Waals surface area contributed by atoms with Gasteiger partial charge in [-0.2, -0.15) is 5.10 Å². The highest BCUT2D eigenvalue weighted by Gasteiger charge is 2.02. The quantitative estimate of drug-likeness (QED) is 0.787. The first-order chi connectivity index (χ1) is 7.16. The maximum absolute atomic E-state index is 5.12. The van der Waals surface area contributed by atoms with Gasteiger partial charge in [0, 0.05) is 5.69 Å². The fraction of sp³-hybridized carbons (Fsp3) is 0.300. The number of hydrogen-bond acceptors (Lipinski definition) is 3. The van der Waals surface area contributed by atoms with E-state index < -0.39 is 0 Å². The molecule has 2 rings (SSSR count). The molecule has 0 radical (unpaired) electrons. The zero-order valence-electron chi connectivity index (χ0n) is 8.69. The van der Waals surface area contributed by atoms with E-state index >= 15 is 0 Å². The molecule has 5 heteroatoms. The summed E-state index contributed by atoms with van der Waals surface area (Å²) < 4.78 is 2.56. The van der Waals surface area contributed by atoms with Crippen LogP contribution in [0, 0.1) is 18.6 Å². The van der Waals surface area contributed by atoms with E-state index in [9.17, 15) is 0 Å². The van der Waals surface area contributed by atoms with Gasteiger partial charge in [-0.25, -0.2) is 0 Å². The fourth-order valence-electron chi connectivity index (χ4n) is 1.43. The van der Waals surface area contributed by atoms with E-state index in [2.05, 4.69) is 15.2 Å². The Morgan fingerprint density at radius 3 is 2.80 bits per heavy atom. The van der Waals surface area contributed by atoms with E-state index in [0.29, 0.717) is 11.3 Å². The van der Waals surface area contributed by atoms with Crippen molar-refractivity contribution in [2.24, 2.45) is 0 Å². The number of rotatable bonds is 2. The highest BCUT2D eigenvalue weighted by Crippen LogP contribution is 2.03. The Kier molecular flexibility index (Phi) is 2.64. The number of nitrogens with zero attached hydrogens (tertiary/aromatic N) is 3. The Morgan fingerprint density at radius 1 is 1.40 bits per heavy atom. The monoisotopic (exact) mass is 220 g/mol. The zero-order chi connectivity index (χ0) is 10.8. The first-order valence-corrected chi connectivity index (χ1v) is 5.12. The first kappa shape index (κ1) is 10.0. The van der Waals surface area contributed by atoms with Crippen molar-refractivity contribution in [3.63, 3.8) is 0 Å². The molecule has 1 N–H and O–H groups in total. The van der Waals surface area contributed by atoms with E-state index in [1.54, 1.807) is 0 Å². The van der Waals surface area contributed by atoms with Gasteiger partial charge in [0.15, 0.2) is 4.77 Å². The van der Waals surface area contributed by atoms with Gasteiger partial charge in [0.25, 0.3) is 0 Å². The molecule has 0 aromatic carbocycles. The Balaban J connectivity index is 2.33. The van der Waals surface area contributed by atoms with Crippen molar-refractivity contribution in [1.82, 2.24) is 19.7 Å². The van der Waals surface area contributed by atoms with Gasteiger partial charge in [0.1, 0.15) is 5.82 Å². The van der Waals surface area contributed by atoms with E-state index in [4.69, 9.17) is 12.2 Å². The predicted octanol–water partition coefficient (Wildman–Crippen LogP) is 2.00. The smallest absolute Gasteiger partial charge is 0.195 e. The van der Waals surface area contributed by atoms with Gasteiger partial charge in [-0.3, -0.25) is 14.6 Å². The third kappa shape index (κ3) is 2.12. The van der Waals surface area contributed by atoms with Crippen LogP contribution in [0.4, 0.5) is 0 Å². The van der Waals surface area contributed by atoms with Gasteiger partial charge in [0.2, 0.25) is 0 Å². The molecule has 0 unspecified atom stereocenters. The van der Waals surface area contributed by atoms with Crippen molar-refractivity contribution in [3.8, 4) is 0 Å². The summed E-state index contributed by atoms with van der Waals surface area (Å²) in [6, 6.07) is 5.96. The van der Waals surface area contributed by atoms with Gasteiger partial charge in [0.05, 0.1) is 12.2 Å². The second-order valence-corrected chi connectivity index (χ2v) is 3.82. The van der Waals surface area contributed by atoms with Crippen LogP contribution in [0.5, 0.6) is 0 Å². The normalized spacial score (nSPS) is 10.5. The predicted molar refractivity (Wildman–Crippen MR) is 60.2 cm³/mol. The standard InChI is InChI=1S/C10H12N4S/c1-7-4-3-5-9(11-7)6-14-8(2)12-13-10(14)15/h3-5H,6H2,1-2H3,(H,13,15). The Labute approximate surface area is 93.0 Å². The summed E-state index contributed by atoms with van der Waals surface area (Å²) in [7, 11) is 0. The van der Waals surface area contributed by atoms with Crippen LogP contribution in [0.15, 0.2) is 18.2 Å². The largest absolute Gasteiger partial charge is 0.298 e. The molecular formula is C10H12N4S. The molecule has 4 nitrogen and oxygen atoms in total. The van der Waals surface area contributed by atoms with Crippen LogP contribution >= 0.6 is 12.2 Å². The number of H-pyrrole nitrogens is 1. The zero-order valence-corrected chi connectivity index (χ0v) is 9.51. The lowest BCUT2D eigenvalue weighted by atomic mass is 10.3. The maximum Gasteiger partial charge on any atom is 0.195 e. The average molecular weight is 220 g/mol. The number of aromatic nitrogens is 4. The summed E-state index contributed by atoms with van der Waals surface area (Å²) in [5.74, 6) is 0.878. The van der Waals surface area contributed by atoms with Crippen LogP contribution in [0.2, 0.25) is 0 Å². The first-order valence-electron chi connectivity index (χ1n) is 4.71. The van der Waals surface area contributed by atoms with Crippen molar-refractivity contribution >= 4 is 12.2 Å². The van der Waals surface area contributed by atoms with E-state index in [0.717, 1.165) is 17.2 Å². The molecule has 0 saturated carbocycles. The molecule has 0 saturated heterocycles. The fourth-order valence-corrected chi connectivity index (χ4v) is 1.67. The minimum atomic E-state index is 0.635. The van der Waals surface area contributed by atoms with Crippen molar-refractivity contribution in [2.75, 3.05) is 0 Å². The van der Waals surface area contributed by atoms with Crippen LogP contribution < -0.4 is 0 Å². The van der Waals surface area contributed by atoms with Crippen molar-refractivity contribution < 1.29 is 0 Å². The lowest BCUT2D eigenvalue weighted by Crippen LogP contribution is -2.04. The second-order valence-electron chi connectivity index (χ2n) is 3.43. The molecule has 0 aliphatic heterocycles. The molecule has 0 fully saturated rings. The Bertz CT molecular complexity index is 526. The number of pyridine rings is 1. The number of hydrogen-bond donors (Lipinski definition) is 1. The van der Waals surface area contributed by atoms with E-state index in [-0.39, 0.29) is 0 Å². The molecule has 0 aliphatic rings. The van der Waals surface area contributed by atoms with Gasteiger partial charge in [-0.1, -0.05) is 6.07 Å². The van der Waals surface area contributed by atoms with Crippen molar-refractivity contribution in [1.29, 1.82) is 0 Å². The summed E-state index contributed by atoms with van der Waals surface area (Å²) >= 11 is 5.12. The van der Waals surface area contributed by atoms with Crippen LogP contribution in [0.1, 0.15) is 17.2 Å². The molecule has 2 heterocycles. The lowest BCUT2D eigenvalue weighted by Gasteiger charge is -2.03. The molecule has 0 spiro atoms. The topological polar surface area (TPSA) is 46.5 Å². The van der Waals surface area contributed by atoms with Gasteiger partial charge >= 0.3 is 0 Å². The highest BCUT2D eigenvalue weighted by molar-refractivity contribution is 7.71. The number of nitrogens with one attached hydrogen (secondary N) is 1. The summed E-state index contributed by atoms with van der Waals surface area (Å²) in [6.07, 6.45) is 0. The summed E-state index contributed by atoms with van der Waals surface area (Å²) in [5.41, 5.74) is 2.01. The summed E-state index contributed by atoms with van der Waals surface area (Å²) in [5, 5.41) is 6.81. The molecule has 0 amide bonds. The van der Waals surface area contributed by atoms with Crippen LogP contribution in [-0.4, -0.2) is 19.7 Å². The molecule has 0 aliphatic carbocycles. The van der Waals surface area contributed by atoms with Crippen molar-refractivity contribution in [2.45, 2.75) is 20.4 Å². The van der Waals surface area contributed by atoms with E-state index in [1.807, 2.05) is 36.6 Å². The van der Waals surface area contributed by atoms with Crippen LogP contribution in [0.25, 0.3) is 0 Å². The Morgan fingerprint density at radius 2 is 2.20 bits per heavy atom. The Hall–Kier alpha value is -1.49. The molecule has 0 atom stereocenters. The van der Waals surface area contributed by atoms with Gasteiger partial charge in [-0.15, -0.1) is 0 Å². The SMILES string of the molecule is Cc1cccc(Cn2c(C)n[nH]c2=S)n1. The van der Waals surface area contributed by atoms with Crippen LogP contribution in [-0.2, 0) is 6.54 Å². The van der Waals surface area contributed by atoms with Gasteiger partial charge in [-0.05, 0) is 38.2 Å². The minimum Gasteiger partial charge on any atom is -0.298 e. The average Bonchev–Trinajstić information content (AvgIpc) is 2.50. The van der Waals surface area contributed by atoms with Gasteiger partial charge < -0.3 is 0 Å². The highest BCUT2D eigenvalue weighted by atomic mass is 32.1. The molecule has 15 heavy (non-hydrogen) atoms. The minimum absolute atomic E-state index is 0.635. The molecule has 78 valence electrons. The summed E-state index contributed by atoms with van der Waals surface area (Å²) in [4.78, 5) is 4.42. The molecule has 2 aromatic heterocycles. The van der Waals surface area contributed by atoms with Crippen LogP contribution in [0.3, 0.4) is 0 Å². The molecule has 0 bridgehead atoms. The van der Waals surface area contributed by atoms with E-state index in [1.165, 1.54) is 0 Å². The maximum atomic E-state index is 5.12. The number of aromatic amines is 1.